The van der Waals surface area contributed by atoms with Crippen molar-refractivity contribution in [3.05, 3.63) is 35.4 Å². The molecule has 0 spiro atoms. The van der Waals surface area contributed by atoms with Gasteiger partial charge in [0.15, 0.2) is 0 Å². The van der Waals surface area contributed by atoms with E-state index in [0.29, 0.717) is 6.04 Å². The van der Waals surface area contributed by atoms with Crippen molar-refractivity contribution in [1.29, 1.82) is 0 Å². The number of nitrogens with zero attached hydrogens (tertiary/aromatic N) is 1. The van der Waals surface area contributed by atoms with E-state index in [1.165, 1.54) is 38.0 Å². The minimum atomic E-state index is 0.648. The number of hydrogen-bond acceptors (Lipinski definition) is 2. The maximum Gasteiger partial charge on any atom is 0.0238 e. The van der Waals surface area contributed by atoms with Crippen LogP contribution in [0.25, 0.3) is 0 Å². The summed E-state index contributed by atoms with van der Waals surface area (Å²) in [7, 11) is 0. The number of hydrogen-bond donors (Lipinski definition) is 1. The van der Waals surface area contributed by atoms with Gasteiger partial charge in [-0.15, -0.1) is 0 Å². The molecule has 1 unspecified atom stereocenters. The first-order chi connectivity index (χ1) is 8.31. The maximum absolute atomic E-state index is 3.68. The lowest BCUT2D eigenvalue weighted by atomic mass is 9.96. The predicted molar refractivity (Wildman–Crippen MR) is 71.0 cm³/mol. The molecule has 1 saturated heterocycles. The van der Waals surface area contributed by atoms with E-state index in [9.17, 15) is 0 Å². The third-order valence-electron chi connectivity index (χ3n) is 4.15. The van der Waals surface area contributed by atoms with Crippen molar-refractivity contribution in [1.82, 2.24) is 10.2 Å². The molecule has 1 fully saturated rings. The van der Waals surface area contributed by atoms with Crippen molar-refractivity contribution >= 4 is 0 Å². The summed E-state index contributed by atoms with van der Waals surface area (Å²) in [6, 6.07) is 9.49. The first-order valence-corrected chi connectivity index (χ1v) is 6.84. The molecule has 2 aliphatic heterocycles. The standard InChI is InChI=1S/C15H22N2/c1-12-6-7-17(10-12)11-15-8-13-4-2-3-5-14(13)9-16-15/h2-5,12,15-16H,6-11H2,1H3/t12?,15-/m0/s1. The molecule has 2 aliphatic rings. The Labute approximate surface area is 104 Å². The van der Waals surface area contributed by atoms with Gasteiger partial charge in [-0.25, -0.2) is 0 Å². The molecular weight excluding hydrogens is 208 g/mol. The molecule has 0 aromatic heterocycles. The highest BCUT2D eigenvalue weighted by Gasteiger charge is 2.24. The molecule has 1 N–H and O–H groups in total. The Hall–Kier alpha value is -0.860. The zero-order valence-electron chi connectivity index (χ0n) is 10.7. The quantitative estimate of drug-likeness (QED) is 0.836. The predicted octanol–water partition coefficient (Wildman–Crippen LogP) is 2.04. The Bertz CT molecular complexity index is 388. The number of rotatable bonds is 2. The molecule has 0 saturated carbocycles. The van der Waals surface area contributed by atoms with Crippen molar-refractivity contribution in [2.24, 2.45) is 5.92 Å². The molecular formula is C15H22N2. The van der Waals surface area contributed by atoms with Crippen molar-refractivity contribution in [3.63, 3.8) is 0 Å². The van der Waals surface area contributed by atoms with E-state index < -0.39 is 0 Å². The van der Waals surface area contributed by atoms with Gasteiger partial charge < -0.3 is 10.2 Å². The van der Waals surface area contributed by atoms with Crippen molar-refractivity contribution in [2.45, 2.75) is 32.4 Å². The summed E-state index contributed by atoms with van der Waals surface area (Å²) in [5.74, 6) is 0.894. The highest BCUT2D eigenvalue weighted by molar-refractivity contribution is 5.29. The summed E-state index contributed by atoms with van der Waals surface area (Å²) in [6.07, 6.45) is 2.57. The van der Waals surface area contributed by atoms with E-state index in [-0.39, 0.29) is 0 Å². The Morgan fingerprint density at radius 1 is 1.29 bits per heavy atom. The van der Waals surface area contributed by atoms with Crippen LogP contribution in [0.3, 0.4) is 0 Å². The summed E-state index contributed by atoms with van der Waals surface area (Å²) in [4.78, 5) is 2.62. The lowest BCUT2D eigenvalue weighted by Gasteiger charge is -2.29. The molecule has 92 valence electrons. The van der Waals surface area contributed by atoms with E-state index in [1.54, 1.807) is 5.56 Å². The van der Waals surface area contributed by atoms with Crippen LogP contribution in [0.1, 0.15) is 24.5 Å². The minimum Gasteiger partial charge on any atom is -0.308 e. The molecule has 3 rings (SSSR count). The van der Waals surface area contributed by atoms with Crippen LogP contribution in [0, 0.1) is 5.92 Å². The second-order valence-corrected chi connectivity index (χ2v) is 5.70. The summed E-state index contributed by atoms with van der Waals surface area (Å²) < 4.78 is 0. The monoisotopic (exact) mass is 230 g/mol. The van der Waals surface area contributed by atoms with Crippen LogP contribution < -0.4 is 5.32 Å². The third kappa shape index (κ3) is 2.53. The zero-order valence-corrected chi connectivity index (χ0v) is 10.7. The van der Waals surface area contributed by atoms with Gasteiger partial charge in [0.25, 0.3) is 0 Å². The maximum atomic E-state index is 3.68. The van der Waals surface area contributed by atoms with E-state index in [0.717, 1.165) is 12.5 Å². The van der Waals surface area contributed by atoms with Gasteiger partial charge in [-0.05, 0) is 36.4 Å². The van der Waals surface area contributed by atoms with Crippen LogP contribution in [0.5, 0.6) is 0 Å². The Morgan fingerprint density at radius 2 is 2.12 bits per heavy atom. The summed E-state index contributed by atoms with van der Waals surface area (Å²) in [5, 5.41) is 3.68. The minimum absolute atomic E-state index is 0.648. The van der Waals surface area contributed by atoms with Crippen LogP contribution in [0.15, 0.2) is 24.3 Å². The van der Waals surface area contributed by atoms with Crippen molar-refractivity contribution in [2.75, 3.05) is 19.6 Å². The normalized spacial score (nSPS) is 29.2. The van der Waals surface area contributed by atoms with Crippen LogP contribution in [-0.2, 0) is 13.0 Å². The number of fused-ring (bicyclic) bond motifs is 1. The third-order valence-corrected chi connectivity index (χ3v) is 4.15. The molecule has 0 bridgehead atoms. The first kappa shape index (κ1) is 11.2. The van der Waals surface area contributed by atoms with Gasteiger partial charge in [-0.2, -0.15) is 0 Å². The molecule has 0 aliphatic carbocycles. The fraction of sp³-hybridized carbons (Fsp3) is 0.600. The van der Waals surface area contributed by atoms with E-state index in [1.807, 2.05) is 0 Å². The molecule has 1 aromatic rings. The second-order valence-electron chi connectivity index (χ2n) is 5.70. The Kier molecular flexibility index (Phi) is 3.17. The summed E-state index contributed by atoms with van der Waals surface area (Å²) in [5.41, 5.74) is 3.03. The fourth-order valence-electron chi connectivity index (χ4n) is 3.15. The summed E-state index contributed by atoms with van der Waals surface area (Å²) in [6.45, 7) is 7.22. The van der Waals surface area contributed by atoms with Crippen molar-refractivity contribution in [3.8, 4) is 0 Å². The van der Waals surface area contributed by atoms with E-state index >= 15 is 0 Å². The van der Waals surface area contributed by atoms with Gasteiger partial charge >= 0.3 is 0 Å². The average molecular weight is 230 g/mol. The molecule has 2 nitrogen and oxygen atoms in total. The van der Waals surface area contributed by atoms with Gasteiger partial charge in [0.05, 0.1) is 0 Å². The van der Waals surface area contributed by atoms with Gasteiger partial charge in [-0.1, -0.05) is 31.2 Å². The first-order valence-electron chi connectivity index (χ1n) is 6.84. The highest BCUT2D eigenvalue weighted by Crippen LogP contribution is 2.19. The van der Waals surface area contributed by atoms with Gasteiger partial charge in [0.2, 0.25) is 0 Å². The average Bonchev–Trinajstić information content (AvgIpc) is 2.75. The SMILES string of the molecule is CC1CCN(C[C@@H]2Cc3ccccc3CN2)C1. The van der Waals surface area contributed by atoms with Crippen molar-refractivity contribution < 1.29 is 0 Å². The lowest BCUT2D eigenvalue weighted by Crippen LogP contribution is -2.44. The molecule has 2 atom stereocenters. The number of likely N-dealkylation sites (tertiary alicyclic amines) is 1. The second kappa shape index (κ2) is 4.79. The van der Waals surface area contributed by atoms with E-state index in [4.69, 9.17) is 0 Å². The smallest absolute Gasteiger partial charge is 0.0238 e. The van der Waals surface area contributed by atoms with Gasteiger partial charge in [-0.3, -0.25) is 0 Å². The topological polar surface area (TPSA) is 15.3 Å². The molecule has 2 heterocycles. The molecule has 0 amide bonds. The van der Waals surface area contributed by atoms with Crippen LogP contribution in [0.2, 0.25) is 0 Å². The molecule has 1 aromatic carbocycles. The Morgan fingerprint density at radius 3 is 2.88 bits per heavy atom. The molecule has 0 radical (unpaired) electrons. The summed E-state index contributed by atoms with van der Waals surface area (Å²) >= 11 is 0. The zero-order chi connectivity index (χ0) is 11.7. The highest BCUT2D eigenvalue weighted by atomic mass is 15.2. The molecule has 17 heavy (non-hydrogen) atoms. The molecule has 2 heteroatoms. The van der Waals surface area contributed by atoms with Crippen LogP contribution >= 0.6 is 0 Å². The van der Waals surface area contributed by atoms with Gasteiger partial charge in [0.1, 0.15) is 0 Å². The van der Waals surface area contributed by atoms with Crippen LogP contribution in [-0.4, -0.2) is 30.6 Å². The Balaban J connectivity index is 1.61. The van der Waals surface area contributed by atoms with Crippen LogP contribution in [0.4, 0.5) is 0 Å². The fourth-order valence-corrected chi connectivity index (χ4v) is 3.15. The van der Waals surface area contributed by atoms with E-state index in [2.05, 4.69) is 41.4 Å². The number of benzene rings is 1. The lowest BCUT2D eigenvalue weighted by molar-refractivity contribution is 0.275. The van der Waals surface area contributed by atoms with Gasteiger partial charge in [0, 0.05) is 25.7 Å². The number of nitrogens with one attached hydrogen (secondary N) is 1. The largest absolute Gasteiger partial charge is 0.308 e.